The number of nitrogens with zero attached hydrogens (tertiary/aromatic N) is 2. The van der Waals surface area contributed by atoms with Crippen molar-refractivity contribution < 1.29 is 9.47 Å². The molecule has 0 unspecified atom stereocenters. The molecule has 0 fully saturated rings. The quantitative estimate of drug-likeness (QED) is 0.162. The molecule has 0 saturated heterocycles. The van der Waals surface area contributed by atoms with Gasteiger partial charge in [-0.1, -0.05) is 141 Å². The van der Waals surface area contributed by atoms with E-state index in [1.807, 2.05) is 6.07 Å². The van der Waals surface area contributed by atoms with Crippen molar-refractivity contribution in [3.8, 4) is 22.6 Å². The van der Waals surface area contributed by atoms with Crippen LogP contribution in [0.25, 0.3) is 11.1 Å². The number of fused-ring (bicyclic) bond motifs is 1. The molecule has 56 heavy (non-hydrogen) atoms. The first-order valence-electron chi connectivity index (χ1n) is 19.7. The van der Waals surface area contributed by atoms with Crippen LogP contribution in [-0.4, -0.2) is 13.2 Å². The number of aryl methyl sites for hydroxylation is 1. The molecule has 0 saturated carbocycles. The third-order valence-corrected chi connectivity index (χ3v) is 11.0. The van der Waals surface area contributed by atoms with Crippen LogP contribution in [0.15, 0.2) is 127 Å². The Morgan fingerprint density at radius 2 is 0.857 bits per heavy atom. The van der Waals surface area contributed by atoms with Crippen molar-refractivity contribution in [3.63, 3.8) is 0 Å². The van der Waals surface area contributed by atoms with Gasteiger partial charge in [0.1, 0.15) is 13.2 Å². The minimum absolute atomic E-state index is 0.00468. The fourth-order valence-corrected chi connectivity index (χ4v) is 7.61. The summed E-state index contributed by atoms with van der Waals surface area (Å²) in [5.74, 6) is 1.45. The highest BCUT2D eigenvalue weighted by Gasteiger charge is 2.28. The molecule has 0 aromatic heterocycles. The van der Waals surface area contributed by atoms with Crippen LogP contribution < -0.4 is 19.3 Å². The van der Waals surface area contributed by atoms with Gasteiger partial charge in [-0.2, -0.15) is 0 Å². The molecule has 6 aromatic carbocycles. The van der Waals surface area contributed by atoms with Crippen molar-refractivity contribution in [2.75, 3.05) is 23.0 Å². The van der Waals surface area contributed by atoms with Gasteiger partial charge in [-0.3, -0.25) is 0 Å². The van der Waals surface area contributed by atoms with Gasteiger partial charge in [0.2, 0.25) is 0 Å². The maximum Gasteiger partial charge on any atom is 0.163 e. The predicted octanol–water partition coefficient (Wildman–Crippen LogP) is 14.9. The zero-order valence-electron chi connectivity index (χ0n) is 34.6. The Balaban J connectivity index is 1.50. The summed E-state index contributed by atoms with van der Waals surface area (Å²) in [5, 5.41) is 0.629. The molecule has 0 amide bonds. The van der Waals surface area contributed by atoms with E-state index >= 15 is 0 Å². The van der Waals surface area contributed by atoms with Crippen LogP contribution in [0.1, 0.15) is 84.6 Å². The smallest absolute Gasteiger partial charge is 0.163 e. The number of hydrogen-bond acceptors (Lipinski definition) is 4. The zero-order valence-corrected chi connectivity index (χ0v) is 35.4. The average molecular weight is 763 g/mol. The highest BCUT2D eigenvalue weighted by atomic mass is 35.5. The summed E-state index contributed by atoms with van der Waals surface area (Å²) < 4.78 is 12.4. The van der Waals surface area contributed by atoms with Crippen LogP contribution in [0.2, 0.25) is 5.02 Å². The van der Waals surface area contributed by atoms with Crippen molar-refractivity contribution in [2.45, 2.75) is 85.5 Å². The van der Waals surface area contributed by atoms with Gasteiger partial charge >= 0.3 is 0 Å². The lowest BCUT2D eigenvalue weighted by molar-refractivity contribution is 0.172. The molecule has 7 rings (SSSR count). The van der Waals surface area contributed by atoms with Crippen molar-refractivity contribution in [3.05, 3.63) is 155 Å². The molecular weight excluding hydrogens is 708 g/mol. The van der Waals surface area contributed by atoms with Crippen LogP contribution in [0.5, 0.6) is 11.5 Å². The van der Waals surface area contributed by atoms with Crippen molar-refractivity contribution in [1.82, 2.24) is 0 Å². The van der Waals surface area contributed by atoms with Gasteiger partial charge in [-0.25, -0.2) is 0 Å². The van der Waals surface area contributed by atoms with E-state index in [1.54, 1.807) is 0 Å². The maximum absolute atomic E-state index is 7.88. The fraction of sp³-hybridized carbons (Fsp3) is 0.294. The highest BCUT2D eigenvalue weighted by Crippen LogP contribution is 2.52. The van der Waals surface area contributed by atoms with E-state index in [0.717, 1.165) is 56.6 Å². The highest BCUT2D eigenvalue weighted by molar-refractivity contribution is 6.37. The van der Waals surface area contributed by atoms with Crippen LogP contribution >= 0.6 is 11.6 Å². The second kappa shape index (κ2) is 15.0. The number of ether oxygens (including phenoxy) is 2. The van der Waals surface area contributed by atoms with Crippen molar-refractivity contribution in [2.24, 2.45) is 0 Å². The summed E-state index contributed by atoms with van der Waals surface area (Å²) in [6.07, 6.45) is 0. The van der Waals surface area contributed by atoms with E-state index in [9.17, 15) is 0 Å². The Hall–Kier alpha value is -5.19. The standard InChI is InChI=1S/C51H55ClN2O2/c1-34-30-44(53(39-22-16-36(17-23-39)49(2,3)4)40-24-18-37(19-25-40)50(5,6)7)48(52)45(31-34)54(41-26-20-38(21-27-41)51(8,9)10)43-33-47-46(55-28-29-56-47)32-42(43)35-14-12-11-13-15-35/h11-27,30-33H,28-29H2,1-10H3. The molecule has 0 aliphatic carbocycles. The molecule has 0 spiro atoms. The Bertz CT molecular complexity index is 2250. The molecule has 6 aromatic rings. The third-order valence-electron chi connectivity index (χ3n) is 10.6. The molecule has 288 valence electrons. The average Bonchev–Trinajstić information content (AvgIpc) is 3.16. The van der Waals surface area contributed by atoms with E-state index in [1.165, 1.54) is 16.7 Å². The van der Waals surface area contributed by atoms with E-state index in [2.05, 4.69) is 200 Å². The summed E-state index contributed by atoms with van der Waals surface area (Å²) in [4.78, 5) is 4.58. The summed E-state index contributed by atoms with van der Waals surface area (Å²) in [5.41, 5.74) is 12.8. The monoisotopic (exact) mass is 762 g/mol. The number of anilines is 6. The number of halogens is 1. The van der Waals surface area contributed by atoms with Gasteiger partial charge in [0.15, 0.2) is 11.5 Å². The molecular formula is C51H55ClN2O2. The molecule has 4 nitrogen and oxygen atoms in total. The van der Waals surface area contributed by atoms with Gasteiger partial charge in [0.25, 0.3) is 0 Å². The van der Waals surface area contributed by atoms with Gasteiger partial charge in [-0.05, 0) is 106 Å². The number of benzene rings is 6. The Labute approximate surface area is 339 Å². The summed E-state index contributed by atoms with van der Waals surface area (Å²) in [6.45, 7) is 23.4. The van der Waals surface area contributed by atoms with Crippen molar-refractivity contribution >= 4 is 45.7 Å². The molecule has 5 heteroatoms. The van der Waals surface area contributed by atoms with Crippen LogP contribution in [0, 0.1) is 6.92 Å². The molecule has 0 N–H and O–H groups in total. The summed E-state index contributed by atoms with van der Waals surface area (Å²) in [6, 6.07) is 45.8. The molecule has 1 heterocycles. The van der Waals surface area contributed by atoms with Crippen molar-refractivity contribution in [1.29, 1.82) is 0 Å². The predicted molar refractivity (Wildman–Crippen MR) is 238 cm³/mol. The lowest BCUT2D eigenvalue weighted by Gasteiger charge is -2.34. The third kappa shape index (κ3) is 8.04. The van der Waals surface area contributed by atoms with E-state index < -0.39 is 0 Å². The van der Waals surface area contributed by atoms with Crippen LogP contribution in [-0.2, 0) is 16.2 Å². The van der Waals surface area contributed by atoms with Gasteiger partial charge in [-0.15, -0.1) is 0 Å². The minimum Gasteiger partial charge on any atom is -0.486 e. The number of hydrogen-bond donors (Lipinski definition) is 0. The van der Waals surface area contributed by atoms with E-state index in [-0.39, 0.29) is 16.2 Å². The minimum atomic E-state index is -0.00468. The van der Waals surface area contributed by atoms with Crippen LogP contribution in [0.4, 0.5) is 34.1 Å². The molecule has 0 bridgehead atoms. The molecule has 1 aliphatic heterocycles. The van der Waals surface area contributed by atoms with Gasteiger partial charge in [0, 0.05) is 28.7 Å². The lowest BCUT2D eigenvalue weighted by Crippen LogP contribution is -2.19. The Kier molecular flexibility index (Phi) is 10.5. The van der Waals surface area contributed by atoms with Gasteiger partial charge < -0.3 is 19.3 Å². The zero-order chi connectivity index (χ0) is 40.0. The maximum atomic E-state index is 7.88. The summed E-state index contributed by atoms with van der Waals surface area (Å²) in [7, 11) is 0. The summed E-state index contributed by atoms with van der Waals surface area (Å²) >= 11 is 7.88. The largest absolute Gasteiger partial charge is 0.486 e. The SMILES string of the molecule is Cc1cc(N(c2ccc(C(C)(C)C)cc2)c2ccc(C(C)(C)C)cc2)c(Cl)c(N(c2ccc(C(C)(C)C)cc2)c2cc3c(cc2-c2ccccc2)OCCO3)c1. The first-order chi connectivity index (χ1) is 26.5. The normalized spacial score (nSPS) is 13.1. The van der Waals surface area contributed by atoms with E-state index in [4.69, 9.17) is 21.1 Å². The first-order valence-corrected chi connectivity index (χ1v) is 20.1. The van der Waals surface area contributed by atoms with Crippen LogP contribution in [0.3, 0.4) is 0 Å². The lowest BCUT2D eigenvalue weighted by atomic mass is 9.86. The Morgan fingerprint density at radius 1 is 0.464 bits per heavy atom. The second-order valence-electron chi connectivity index (χ2n) is 18.1. The molecule has 0 radical (unpaired) electrons. The fourth-order valence-electron chi connectivity index (χ4n) is 7.34. The molecule has 0 atom stereocenters. The Morgan fingerprint density at radius 3 is 1.29 bits per heavy atom. The molecule has 1 aliphatic rings. The second-order valence-corrected chi connectivity index (χ2v) is 18.4. The number of rotatable bonds is 7. The first kappa shape index (κ1) is 39.1. The topological polar surface area (TPSA) is 24.9 Å². The van der Waals surface area contributed by atoms with Gasteiger partial charge in [0.05, 0.1) is 22.1 Å². The van der Waals surface area contributed by atoms with E-state index in [0.29, 0.717) is 24.0 Å².